The number of anilines is 2. The Morgan fingerprint density at radius 3 is 2.15 bits per heavy atom. The van der Waals surface area contributed by atoms with Crippen molar-refractivity contribution in [1.82, 2.24) is 5.32 Å². The van der Waals surface area contributed by atoms with Crippen LogP contribution in [-0.4, -0.2) is 23.0 Å². The third-order valence-corrected chi connectivity index (χ3v) is 7.98. The Bertz CT molecular complexity index is 1580. The van der Waals surface area contributed by atoms with E-state index in [0.29, 0.717) is 32.5 Å². The highest BCUT2D eigenvalue weighted by Crippen LogP contribution is 2.29. The highest BCUT2D eigenvalue weighted by molar-refractivity contribution is 9.10. The molecule has 0 heterocycles. The normalized spacial score (nSPS) is 11.9. The monoisotopic (exact) mass is 667 g/mol. The quantitative estimate of drug-likeness (QED) is 0.124. The summed E-state index contributed by atoms with van der Waals surface area (Å²) in [5, 5.41) is 8.63. The van der Waals surface area contributed by atoms with Gasteiger partial charge in [-0.1, -0.05) is 69.5 Å². The molecule has 0 aliphatic carbocycles. The van der Waals surface area contributed by atoms with Gasteiger partial charge in [-0.2, -0.15) is 0 Å². The van der Waals surface area contributed by atoms with Gasteiger partial charge >= 0.3 is 0 Å². The molecule has 0 bridgehead atoms. The topological polar surface area (TPSA) is 87.3 Å². The Balaban J connectivity index is 1.51. The van der Waals surface area contributed by atoms with Crippen LogP contribution in [0.15, 0.2) is 112 Å². The van der Waals surface area contributed by atoms with Crippen LogP contribution >= 0.6 is 50.9 Å². The van der Waals surface area contributed by atoms with E-state index >= 15 is 0 Å². The van der Waals surface area contributed by atoms with Crippen LogP contribution in [0.4, 0.5) is 11.4 Å². The summed E-state index contributed by atoms with van der Waals surface area (Å²) in [7, 11) is 0. The van der Waals surface area contributed by atoms with Crippen molar-refractivity contribution in [3.63, 3.8) is 0 Å². The predicted molar refractivity (Wildman–Crippen MR) is 172 cm³/mol. The van der Waals surface area contributed by atoms with E-state index in [1.54, 1.807) is 73.7 Å². The van der Waals surface area contributed by atoms with Gasteiger partial charge in [-0.15, -0.1) is 11.8 Å². The number of rotatable bonds is 9. The highest BCUT2D eigenvalue weighted by atomic mass is 79.9. The van der Waals surface area contributed by atoms with Crippen LogP contribution in [0.25, 0.3) is 6.08 Å². The molecule has 41 heavy (non-hydrogen) atoms. The molecule has 0 saturated carbocycles. The summed E-state index contributed by atoms with van der Waals surface area (Å²) in [5.41, 5.74) is 1.90. The highest BCUT2D eigenvalue weighted by Gasteiger charge is 2.18. The number of hydrogen-bond acceptors (Lipinski definition) is 4. The fraction of sp³-hybridized carbons (Fsp3) is 0.0645. The Morgan fingerprint density at radius 2 is 1.46 bits per heavy atom. The zero-order valence-corrected chi connectivity index (χ0v) is 25.6. The van der Waals surface area contributed by atoms with Crippen LogP contribution in [0, 0.1) is 0 Å². The first-order valence-electron chi connectivity index (χ1n) is 12.4. The molecule has 1 atom stereocenters. The SMILES string of the molecule is CC(Sc1cccc(NC(=O)/C(=C\c2c(Cl)cccc2Cl)NC(=O)c2ccccc2)c1)C(=O)Nc1ccc(Br)cc1. The summed E-state index contributed by atoms with van der Waals surface area (Å²) in [6, 6.07) is 27.9. The number of benzene rings is 4. The summed E-state index contributed by atoms with van der Waals surface area (Å²) >= 11 is 17.4. The van der Waals surface area contributed by atoms with E-state index < -0.39 is 17.1 Å². The van der Waals surface area contributed by atoms with Crippen molar-refractivity contribution in [3.8, 4) is 0 Å². The molecule has 10 heteroatoms. The number of carbonyl (C=O) groups is 3. The van der Waals surface area contributed by atoms with Crippen molar-refractivity contribution in [2.45, 2.75) is 17.1 Å². The van der Waals surface area contributed by atoms with E-state index in [1.807, 2.05) is 30.3 Å². The number of nitrogens with one attached hydrogen (secondary N) is 3. The lowest BCUT2D eigenvalue weighted by Gasteiger charge is -2.14. The van der Waals surface area contributed by atoms with Crippen molar-refractivity contribution in [3.05, 3.63) is 128 Å². The molecular formula is C31H24BrCl2N3O3S. The largest absolute Gasteiger partial charge is 0.325 e. The van der Waals surface area contributed by atoms with Gasteiger partial charge in [0, 0.05) is 41.9 Å². The summed E-state index contributed by atoms with van der Waals surface area (Å²) in [4.78, 5) is 39.8. The van der Waals surface area contributed by atoms with Crippen molar-refractivity contribution < 1.29 is 14.4 Å². The van der Waals surface area contributed by atoms with Crippen molar-refractivity contribution in [2.24, 2.45) is 0 Å². The second-order valence-electron chi connectivity index (χ2n) is 8.75. The minimum Gasteiger partial charge on any atom is -0.325 e. The van der Waals surface area contributed by atoms with E-state index in [4.69, 9.17) is 23.2 Å². The molecule has 0 aliphatic heterocycles. The average molecular weight is 669 g/mol. The van der Waals surface area contributed by atoms with Gasteiger partial charge in [-0.05, 0) is 79.7 Å². The van der Waals surface area contributed by atoms with Crippen molar-refractivity contribution >= 4 is 86.1 Å². The first-order valence-corrected chi connectivity index (χ1v) is 14.8. The lowest BCUT2D eigenvalue weighted by atomic mass is 10.1. The molecule has 0 fully saturated rings. The maximum absolute atomic E-state index is 13.4. The van der Waals surface area contributed by atoms with E-state index in [2.05, 4.69) is 31.9 Å². The zero-order valence-electron chi connectivity index (χ0n) is 21.7. The van der Waals surface area contributed by atoms with Gasteiger partial charge in [0.2, 0.25) is 5.91 Å². The second-order valence-corrected chi connectivity index (χ2v) is 11.9. The number of amides is 3. The van der Waals surface area contributed by atoms with Crippen LogP contribution < -0.4 is 16.0 Å². The Labute approximate surface area is 260 Å². The molecule has 4 aromatic rings. The molecule has 0 spiro atoms. The standard InChI is InChI=1S/C31H24BrCl2N3O3S/c1-19(29(38)35-22-15-13-21(32)14-16-22)41-24-10-5-9-23(17-24)36-31(40)28(18-25-26(33)11-6-12-27(25)34)37-30(39)20-7-3-2-4-8-20/h2-19H,1H3,(H,35,38)(H,36,40)(H,37,39)/b28-18+. The van der Waals surface area contributed by atoms with E-state index in [9.17, 15) is 14.4 Å². The third-order valence-electron chi connectivity index (χ3n) is 5.70. The van der Waals surface area contributed by atoms with E-state index in [-0.39, 0.29) is 11.6 Å². The van der Waals surface area contributed by atoms with Crippen LogP contribution in [0.1, 0.15) is 22.8 Å². The van der Waals surface area contributed by atoms with Crippen LogP contribution in [0.5, 0.6) is 0 Å². The number of hydrogen-bond donors (Lipinski definition) is 3. The van der Waals surface area contributed by atoms with E-state index in [0.717, 1.165) is 9.37 Å². The lowest BCUT2D eigenvalue weighted by Crippen LogP contribution is -2.30. The number of carbonyl (C=O) groups excluding carboxylic acids is 3. The maximum Gasteiger partial charge on any atom is 0.272 e. The van der Waals surface area contributed by atoms with Crippen LogP contribution in [0.3, 0.4) is 0 Å². The smallest absolute Gasteiger partial charge is 0.272 e. The van der Waals surface area contributed by atoms with Crippen molar-refractivity contribution in [2.75, 3.05) is 10.6 Å². The zero-order chi connectivity index (χ0) is 29.4. The summed E-state index contributed by atoms with van der Waals surface area (Å²) < 4.78 is 0.921. The molecule has 0 aliphatic rings. The molecule has 1 unspecified atom stereocenters. The number of thioether (sulfide) groups is 1. The van der Waals surface area contributed by atoms with Crippen LogP contribution in [-0.2, 0) is 9.59 Å². The molecule has 208 valence electrons. The summed E-state index contributed by atoms with van der Waals surface area (Å²) in [5.74, 6) is -1.20. The van der Waals surface area contributed by atoms with Gasteiger partial charge in [0.25, 0.3) is 11.8 Å². The van der Waals surface area contributed by atoms with Gasteiger partial charge in [-0.25, -0.2) is 0 Å². The summed E-state index contributed by atoms with van der Waals surface area (Å²) in [6.07, 6.45) is 1.44. The molecule has 0 aromatic heterocycles. The van der Waals surface area contributed by atoms with Gasteiger partial charge in [0.1, 0.15) is 5.70 Å². The average Bonchev–Trinajstić information content (AvgIpc) is 2.96. The molecule has 4 rings (SSSR count). The molecule has 6 nitrogen and oxygen atoms in total. The molecule has 0 saturated heterocycles. The second kappa shape index (κ2) is 14.4. The molecule has 3 N–H and O–H groups in total. The molecule has 3 amide bonds. The van der Waals surface area contributed by atoms with Crippen molar-refractivity contribution in [1.29, 1.82) is 0 Å². The minimum absolute atomic E-state index is 0.0471. The first-order chi connectivity index (χ1) is 19.7. The maximum atomic E-state index is 13.4. The molecule has 0 radical (unpaired) electrons. The number of halogens is 3. The third kappa shape index (κ3) is 8.71. The van der Waals surface area contributed by atoms with E-state index in [1.165, 1.54) is 17.8 Å². The fourth-order valence-electron chi connectivity index (χ4n) is 3.62. The minimum atomic E-state index is -0.576. The first kappa shape index (κ1) is 30.4. The van der Waals surface area contributed by atoms with Gasteiger partial charge < -0.3 is 16.0 Å². The summed E-state index contributed by atoms with van der Waals surface area (Å²) in [6.45, 7) is 1.80. The van der Waals surface area contributed by atoms with Gasteiger partial charge in [0.05, 0.1) is 5.25 Å². The Morgan fingerprint density at radius 1 is 0.805 bits per heavy atom. The van der Waals surface area contributed by atoms with Gasteiger partial charge in [0.15, 0.2) is 0 Å². The fourth-order valence-corrected chi connectivity index (χ4v) is 5.31. The van der Waals surface area contributed by atoms with Crippen LogP contribution in [0.2, 0.25) is 10.0 Å². The lowest BCUT2D eigenvalue weighted by molar-refractivity contribution is -0.115. The predicted octanol–water partition coefficient (Wildman–Crippen LogP) is 8.28. The Hall–Kier alpha value is -3.56. The molecule has 4 aromatic carbocycles. The molecular weight excluding hydrogens is 645 g/mol. The van der Waals surface area contributed by atoms with Gasteiger partial charge in [-0.3, -0.25) is 14.4 Å². The Kier molecular flexibility index (Phi) is 10.7.